The number of carbonyl (C=O) groups excluding carboxylic acids is 1. The molecule has 7 heteroatoms. The van der Waals surface area contributed by atoms with Crippen LogP contribution in [-0.4, -0.2) is 37.6 Å². The molecule has 1 amide bonds. The standard InChI is InChI=1S/C17H17N5OS/c23-17(21-8-6-16-14(11-21)7-9-24-16)15(22-12-18-19-20-22)10-13-4-2-1-3-5-13/h1-5,7,9,12,15H,6,8,10-11H2/t15-/m0/s1. The van der Waals surface area contributed by atoms with Crippen molar-refractivity contribution in [1.29, 1.82) is 0 Å². The summed E-state index contributed by atoms with van der Waals surface area (Å²) in [7, 11) is 0. The number of amides is 1. The van der Waals surface area contributed by atoms with Crippen LogP contribution in [0, 0.1) is 0 Å². The van der Waals surface area contributed by atoms with E-state index in [2.05, 4.69) is 27.0 Å². The lowest BCUT2D eigenvalue weighted by molar-refractivity contribution is -0.136. The van der Waals surface area contributed by atoms with Crippen LogP contribution in [0.1, 0.15) is 22.0 Å². The van der Waals surface area contributed by atoms with Crippen molar-refractivity contribution in [3.8, 4) is 0 Å². The Morgan fingerprint density at radius 2 is 2.12 bits per heavy atom. The molecule has 1 aliphatic heterocycles. The molecular formula is C17H17N5OS. The average Bonchev–Trinajstić information content (AvgIpc) is 3.30. The van der Waals surface area contributed by atoms with E-state index in [1.54, 1.807) is 16.0 Å². The zero-order valence-corrected chi connectivity index (χ0v) is 13.9. The summed E-state index contributed by atoms with van der Waals surface area (Å²) in [4.78, 5) is 16.5. The quantitative estimate of drug-likeness (QED) is 0.730. The maximum Gasteiger partial charge on any atom is 0.248 e. The van der Waals surface area contributed by atoms with E-state index >= 15 is 0 Å². The van der Waals surface area contributed by atoms with Crippen LogP contribution < -0.4 is 0 Å². The average molecular weight is 339 g/mol. The predicted molar refractivity (Wildman–Crippen MR) is 90.4 cm³/mol. The first-order valence-electron chi connectivity index (χ1n) is 7.91. The fraction of sp³-hybridized carbons (Fsp3) is 0.294. The molecule has 3 aromatic rings. The molecule has 0 radical (unpaired) electrons. The highest BCUT2D eigenvalue weighted by molar-refractivity contribution is 7.10. The maximum atomic E-state index is 13.1. The molecule has 0 aliphatic carbocycles. The fourth-order valence-electron chi connectivity index (χ4n) is 3.09. The Labute approximate surface area is 143 Å². The van der Waals surface area contributed by atoms with Gasteiger partial charge in [-0.25, -0.2) is 4.68 Å². The van der Waals surface area contributed by atoms with E-state index in [1.807, 2.05) is 35.2 Å². The third kappa shape index (κ3) is 2.94. The van der Waals surface area contributed by atoms with E-state index in [-0.39, 0.29) is 5.91 Å². The van der Waals surface area contributed by atoms with Gasteiger partial charge in [0, 0.05) is 24.4 Å². The maximum absolute atomic E-state index is 13.1. The second kappa shape index (κ2) is 6.52. The topological polar surface area (TPSA) is 63.9 Å². The fourth-order valence-corrected chi connectivity index (χ4v) is 3.98. The largest absolute Gasteiger partial charge is 0.336 e. The van der Waals surface area contributed by atoms with E-state index < -0.39 is 6.04 Å². The van der Waals surface area contributed by atoms with Crippen LogP contribution in [0.2, 0.25) is 0 Å². The van der Waals surface area contributed by atoms with E-state index in [0.29, 0.717) is 13.0 Å². The molecule has 1 aromatic carbocycles. The van der Waals surface area contributed by atoms with Crippen molar-refractivity contribution >= 4 is 17.2 Å². The van der Waals surface area contributed by atoms with Crippen LogP contribution in [-0.2, 0) is 24.2 Å². The number of rotatable bonds is 4. The molecule has 0 bridgehead atoms. The number of aromatic nitrogens is 4. The second-order valence-electron chi connectivity index (χ2n) is 5.87. The summed E-state index contributed by atoms with van der Waals surface area (Å²) in [5, 5.41) is 13.5. The molecule has 3 heterocycles. The molecule has 0 saturated heterocycles. The first-order chi connectivity index (χ1) is 11.8. The van der Waals surface area contributed by atoms with Crippen LogP contribution >= 0.6 is 11.3 Å². The zero-order chi connectivity index (χ0) is 16.4. The van der Waals surface area contributed by atoms with Crippen LogP contribution in [0.3, 0.4) is 0 Å². The Morgan fingerprint density at radius 3 is 2.92 bits per heavy atom. The summed E-state index contributed by atoms with van der Waals surface area (Å²) in [6.45, 7) is 1.42. The van der Waals surface area contributed by atoms with Gasteiger partial charge in [-0.2, -0.15) is 0 Å². The van der Waals surface area contributed by atoms with Crippen LogP contribution in [0.15, 0.2) is 48.1 Å². The van der Waals surface area contributed by atoms with Gasteiger partial charge in [-0.05, 0) is 39.4 Å². The van der Waals surface area contributed by atoms with Gasteiger partial charge in [0.25, 0.3) is 0 Å². The molecule has 0 unspecified atom stereocenters. The van der Waals surface area contributed by atoms with E-state index in [9.17, 15) is 4.79 Å². The van der Waals surface area contributed by atoms with Crippen molar-refractivity contribution in [3.63, 3.8) is 0 Å². The van der Waals surface area contributed by atoms with Gasteiger partial charge in [-0.3, -0.25) is 4.79 Å². The monoisotopic (exact) mass is 339 g/mol. The van der Waals surface area contributed by atoms with Gasteiger partial charge < -0.3 is 4.90 Å². The first kappa shape index (κ1) is 15.0. The SMILES string of the molecule is O=C([C@H](Cc1ccccc1)n1cnnn1)N1CCc2sccc2C1. The summed E-state index contributed by atoms with van der Waals surface area (Å²) in [6.07, 6.45) is 3.02. The lowest BCUT2D eigenvalue weighted by atomic mass is 10.0. The summed E-state index contributed by atoms with van der Waals surface area (Å²) >= 11 is 1.77. The number of benzene rings is 1. The van der Waals surface area contributed by atoms with E-state index in [1.165, 1.54) is 16.8 Å². The van der Waals surface area contributed by atoms with Gasteiger partial charge in [-0.1, -0.05) is 30.3 Å². The number of fused-ring (bicyclic) bond motifs is 1. The number of hydrogen-bond donors (Lipinski definition) is 0. The molecule has 122 valence electrons. The zero-order valence-electron chi connectivity index (χ0n) is 13.1. The highest BCUT2D eigenvalue weighted by Gasteiger charge is 2.30. The molecule has 2 aromatic heterocycles. The number of nitrogens with zero attached hydrogens (tertiary/aromatic N) is 5. The van der Waals surface area contributed by atoms with Crippen LogP contribution in [0.4, 0.5) is 0 Å². The Morgan fingerprint density at radius 1 is 1.25 bits per heavy atom. The predicted octanol–water partition coefficient (Wildman–Crippen LogP) is 2.10. The summed E-state index contributed by atoms with van der Waals surface area (Å²) in [5.41, 5.74) is 2.36. The van der Waals surface area contributed by atoms with Gasteiger partial charge in [0.15, 0.2) is 0 Å². The smallest absolute Gasteiger partial charge is 0.248 e. The third-order valence-corrected chi connectivity index (χ3v) is 5.38. The molecule has 24 heavy (non-hydrogen) atoms. The minimum atomic E-state index is -0.414. The third-order valence-electron chi connectivity index (χ3n) is 4.36. The lowest BCUT2D eigenvalue weighted by Crippen LogP contribution is -2.41. The Hall–Kier alpha value is -2.54. The number of thiophene rings is 1. The van der Waals surface area contributed by atoms with Crippen LogP contribution in [0.25, 0.3) is 0 Å². The molecule has 4 rings (SSSR count). The first-order valence-corrected chi connectivity index (χ1v) is 8.79. The van der Waals surface area contributed by atoms with Gasteiger partial charge >= 0.3 is 0 Å². The van der Waals surface area contributed by atoms with Crippen molar-refractivity contribution in [2.45, 2.75) is 25.4 Å². The van der Waals surface area contributed by atoms with Gasteiger partial charge in [0.05, 0.1) is 0 Å². The molecule has 1 aliphatic rings. The molecule has 6 nitrogen and oxygen atoms in total. The molecule has 0 N–H and O–H groups in total. The van der Waals surface area contributed by atoms with Crippen LogP contribution in [0.5, 0.6) is 0 Å². The minimum Gasteiger partial charge on any atom is -0.336 e. The molecule has 1 atom stereocenters. The molecule has 0 saturated carbocycles. The van der Waals surface area contributed by atoms with Crippen molar-refractivity contribution in [1.82, 2.24) is 25.1 Å². The normalized spacial score (nSPS) is 15.1. The Balaban J connectivity index is 1.58. The van der Waals surface area contributed by atoms with Gasteiger partial charge in [0.2, 0.25) is 5.91 Å². The Kier molecular flexibility index (Phi) is 4.08. The number of carbonyl (C=O) groups is 1. The molecular weight excluding hydrogens is 322 g/mol. The van der Waals surface area contributed by atoms with E-state index in [0.717, 1.165) is 18.5 Å². The van der Waals surface area contributed by atoms with Crippen molar-refractivity contribution in [2.75, 3.05) is 6.54 Å². The Bertz CT molecular complexity index is 815. The van der Waals surface area contributed by atoms with Gasteiger partial charge in [-0.15, -0.1) is 16.4 Å². The minimum absolute atomic E-state index is 0.0722. The molecule has 0 fully saturated rings. The van der Waals surface area contributed by atoms with Crippen molar-refractivity contribution in [3.05, 3.63) is 64.1 Å². The lowest BCUT2D eigenvalue weighted by Gasteiger charge is -2.30. The summed E-state index contributed by atoms with van der Waals surface area (Å²) < 4.78 is 1.57. The van der Waals surface area contributed by atoms with Gasteiger partial charge in [0.1, 0.15) is 12.4 Å². The highest BCUT2D eigenvalue weighted by Crippen LogP contribution is 2.26. The summed E-state index contributed by atoms with van der Waals surface area (Å²) in [6, 6.07) is 11.7. The number of tetrazole rings is 1. The van der Waals surface area contributed by atoms with E-state index in [4.69, 9.17) is 0 Å². The molecule has 0 spiro atoms. The van der Waals surface area contributed by atoms with Crippen molar-refractivity contribution < 1.29 is 4.79 Å². The number of hydrogen-bond acceptors (Lipinski definition) is 5. The summed E-state index contributed by atoms with van der Waals surface area (Å²) in [5.74, 6) is 0.0722. The second-order valence-corrected chi connectivity index (χ2v) is 6.87. The van der Waals surface area contributed by atoms with Crippen molar-refractivity contribution in [2.24, 2.45) is 0 Å². The highest BCUT2D eigenvalue weighted by atomic mass is 32.1.